The average molecular weight is 1060 g/mol. The Balaban J connectivity index is 0.0000104. The Morgan fingerprint density at radius 2 is 1.26 bits per heavy atom. The fourth-order valence-corrected chi connectivity index (χ4v) is 7.98. The number of nitrogens with zero attached hydrogens (tertiary/aromatic N) is 3. The van der Waals surface area contributed by atoms with Crippen LogP contribution in [0.2, 0.25) is 0 Å². The number of phenolic OH excluding ortho intramolecular Hbond substituents is 1. The molecule has 0 saturated heterocycles. The number of hydrogen-bond donors (Lipinski definition) is 1. The quantitative estimate of drug-likeness (QED) is 0.154. The number of aromatic hydroxyl groups is 1. The van der Waals surface area contributed by atoms with Gasteiger partial charge in [0.1, 0.15) is 11.6 Å². The summed E-state index contributed by atoms with van der Waals surface area (Å²) in [5, 5.41) is 13.1. The maximum atomic E-state index is 13.1. The van der Waals surface area contributed by atoms with Gasteiger partial charge in [0.15, 0.2) is 0 Å². The second-order valence-electron chi connectivity index (χ2n) is 17.9. The average Bonchev–Trinajstić information content (AvgIpc) is 3.94. The molecule has 65 heavy (non-hydrogen) atoms. The zero-order chi connectivity index (χ0) is 62.7. The van der Waals surface area contributed by atoms with Crippen LogP contribution in [0, 0.1) is 6.07 Å². The molecule has 8 rings (SSSR count). The standard InChI is InChI=1S/C60H64N3O.Pt/c1-37(2)39-22-24-40(25-23-39)43-28-29-61-52(34-43)45-30-44(31-46(32-45)58(5,6)7)48-20-17-21-54-55(48)62-57(50-35-47(59(8,9)10)36-51(56(50)64)60(11,12)13)63(54)53-27-26-42(38(3)4)33-49(53)41-18-15-14-16-19-41;/h14-29,31-38,64H,1-13H3;/q-1;/i8D3,9D3,10D3,11D3,12D3,13D3,37D,38D;. The van der Waals surface area contributed by atoms with E-state index in [9.17, 15) is 5.11 Å². The third kappa shape index (κ3) is 9.57. The summed E-state index contributed by atoms with van der Waals surface area (Å²) in [6.07, 6.45) is 1.67. The molecule has 5 heteroatoms. The molecule has 0 bridgehead atoms. The summed E-state index contributed by atoms with van der Waals surface area (Å²) < 4.78 is 177. The third-order valence-corrected chi connectivity index (χ3v) is 11.6. The van der Waals surface area contributed by atoms with Gasteiger partial charge >= 0.3 is 0 Å². The zero-order valence-corrected chi connectivity index (χ0v) is 39.6. The first-order chi connectivity index (χ1) is 38.3. The summed E-state index contributed by atoms with van der Waals surface area (Å²) in [6, 6.07) is 38.7. The van der Waals surface area contributed by atoms with Crippen molar-refractivity contribution in [3.05, 3.63) is 167 Å². The van der Waals surface area contributed by atoms with Crippen molar-refractivity contribution in [2.75, 3.05) is 0 Å². The summed E-state index contributed by atoms with van der Waals surface area (Å²) in [6.45, 7) is -11.7. The number of rotatable bonds is 8. The van der Waals surface area contributed by atoms with E-state index in [1.54, 1.807) is 101 Å². The van der Waals surface area contributed by atoms with Gasteiger partial charge in [-0.3, -0.25) is 9.55 Å². The van der Waals surface area contributed by atoms with Crippen molar-refractivity contribution in [1.82, 2.24) is 14.5 Å². The van der Waals surface area contributed by atoms with Crippen molar-refractivity contribution in [1.29, 1.82) is 0 Å². The summed E-state index contributed by atoms with van der Waals surface area (Å²) in [7, 11) is 0. The van der Waals surface area contributed by atoms with Gasteiger partial charge < -0.3 is 5.11 Å². The van der Waals surface area contributed by atoms with Crippen LogP contribution >= 0.6 is 0 Å². The SMILES string of the molecule is [2H]C(C)(C)c1ccc(-c2ccnc(-c3[c-]c(-c4cccc5c4nc(-c4cc(C(C([2H])([2H])[2H])(C([2H])([2H])[2H])C([2H])([2H])[2H])cc(C(C([2H])([2H])[2H])(C([2H])([2H])[2H])C([2H])([2H])[2H])c4O)n5-c4ccc(C([2H])(C)C)cc4-c4ccccc4)cc(C(C)(C)C)c3)c2)cc1.[Pt]. The van der Waals surface area contributed by atoms with Crippen LogP contribution < -0.4 is 0 Å². The monoisotopic (exact) mass is 1060 g/mol. The zero-order valence-electron chi connectivity index (χ0n) is 57.3. The fraction of sp³-hybridized carbons (Fsp3) is 0.300. The van der Waals surface area contributed by atoms with Crippen LogP contribution in [0.4, 0.5) is 0 Å². The first-order valence-electron chi connectivity index (χ1n) is 31.0. The van der Waals surface area contributed by atoms with Crippen LogP contribution in [0.3, 0.4) is 0 Å². The van der Waals surface area contributed by atoms with Crippen LogP contribution in [0.1, 0.15) is 157 Å². The van der Waals surface area contributed by atoms with Crippen molar-refractivity contribution < 1.29 is 53.6 Å². The van der Waals surface area contributed by atoms with Gasteiger partial charge in [0, 0.05) is 71.5 Å². The molecule has 0 radical (unpaired) electrons. The molecule has 6 aromatic carbocycles. The first kappa shape index (κ1) is 27.8. The van der Waals surface area contributed by atoms with E-state index in [1.165, 1.54) is 4.57 Å². The van der Waals surface area contributed by atoms with Crippen LogP contribution in [0.15, 0.2) is 134 Å². The maximum Gasteiger partial charge on any atom is 0.148 e. The maximum absolute atomic E-state index is 13.1. The normalized spacial score (nSPS) is 18.3. The molecule has 0 aliphatic heterocycles. The molecule has 0 unspecified atom stereocenters. The number of pyridine rings is 1. The second kappa shape index (κ2) is 18.0. The summed E-state index contributed by atoms with van der Waals surface area (Å²) >= 11 is 0. The van der Waals surface area contributed by atoms with Crippen molar-refractivity contribution in [3.63, 3.8) is 0 Å². The summed E-state index contributed by atoms with van der Waals surface area (Å²) in [5.74, 6) is -3.89. The number of aromatic nitrogens is 3. The number of fused-ring (bicyclic) bond motifs is 1. The predicted molar refractivity (Wildman–Crippen MR) is 271 cm³/mol. The molecule has 0 atom stereocenters. The van der Waals surface area contributed by atoms with Gasteiger partial charge in [0.2, 0.25) is 0 Å². The Labute approximate surface area is 430 Å². The minimum Gasteiger partial charge on any atom is -0.507 e. The van der Waals surface area contributed by atoms with E-state index in [2.05, 4.69) is 6.07 Å². The Morgan fingerprint density at radius 1 is 0.600 bits per heavy atom. The summed E-state index contributed by atoms with van der Waals surface area (Å²) in [5.41, 5.74) is -5.01. The first-order valence-corrected chi connectivity index (χ1v) is 21.0. The van der Waals surface area contributed by atoms with E-state index in [1.807, 2.05) is 69.3 Å². The topological polar surface area (TPSA) is 50.9 Å². The van der Waals surface area contributed by atoms with E-state index in [0.29, 0.717) is 45.1 Å². The molecule has 2 heterocycles. The van der Waals surface area contributed by atoms with E-state index in [-0.39, 0.29) is 43.9 Å². The Kier molecular flexibility index (Phi) is 7.70. The van der Waals surface area contributed by atoms with E-state index < -0.39 is 97.4 Å². The largest absolute Gasteiger partial charge is 0.507 e. The molecular weight excluding hydrogens is 974 g/mol. The van der Waals surface area contributed by atoms with Gasteiger partial charge in [-0.2, -0.15) is 0 Å². The predicted octanol–water partition coefficient (Wildman–Crippen LogP) is 16.4. The Bertz CT molecular complexity index is 3710. The molecular formula is C60H64N3OPt-. The molecule has 0 fully saturated rings. The van der Waals surface area contributed by atoms with Gasteiger partial charge in [-0.05, 0) is 91.7 Å². The van der Waals surface area contributed by atoms with Crippen molar-refractivity contribution in [2.24, 2.45) is 0 Å². The van der Waals surface area contributed by atoms with Crippen LogP contribution in [-0.2, 0) is 37.3 Å². The molecule has 2 aromatic heterocycles. The smallest absolute Gasteiger partial charge is 0.148 e. The van der Waals surface area contributed by atoms with Crippen LogP contribution in [-0.4, -0.2) is 19.6 Å². The molecule has 0 aliphatic rings. The molecule has 8 aromatic rings. The fourth-order valence-electron chi connectivity index (χ4n) is 7.98. The van der Waals surface area contributed by atoms with E-state index >= 15 is 0 Å². The molecule has 0 saturated carbocycles. The number of benzene rings is 6. The number of imidazole rings is 1. The summed E-state index contributed by atoms with van der Waals surface area (Å²) in [4.78, 5) is 9.95. The van der Waals surface area contributed by atoms with Gasteiger partial charge in [-0.15, -0.1) is 29.3 Å². The van der Waals surface area contributed by atoms with Gasteiger partial charge in [0.25, 0.3) is 0 Å². The molecule has 4 nitrogen and oxygen atoms in total. The van der Waals surface area contributed by atoms with Crippen molar-refractivity contribution in [3.8, 4) is 67.5 Å². The molecule has 0 aliphatic carbocycles. The molecule has 1 N–H and O–H groups in total. The molecule has 0 amide bonds. The van der Waals surface area contributed by atoms with Gasteiger partial charge in [-0.25, -0.2) is 4.98 Å². The van der Waals surface area contributed by atoms with Gasteiger partial charge in [0.05, 0.1) is 22.3 Å². The van der Waals surface area contributed by atoms with E-state index in [4.69, 9.17) is 37.4 Å². The molecule has 336 valence electrons. The number of phenols is 1. The Hall–Kier alpha value is -5.57. The Morgan fingerprint density at radius 3 is 1.92 bits per heavy atom. The minimum atomic E-state index is -4.17. The third-order valence-electron chi connectivity index (χ3n) is 11.6. The van der Waals surface area contributed by atoms with Crippen LogP contribution in [0.25, 0.3) is 72.7 Å². The minimum absolute atomic E-state index is 0. The van der Waals surface area contributed by atoms with E-state index in [0.717, 1.165) is 22.3 Å². The number of hydrogen-bond acceptors (Lipinski definition) is 3. The van der Waals surface area contributed by atoms with Crippen LogP contribution in [0.5, 0.6) is 5.75 Å². The number of para-hydroxylation sites is 1. The second-order valence-corrected chi connectivity index (χ2v) is 17.9. The molecule has 0 spiro atoms. The van der Waals surface area contributed by atoms with Crippen molar-refractivity contribution >= 4 is 11.0 Å². The van der Waals surface area contributed by atoms with Gasteiger partial charge in [-0.1, -0.05) is 186 Å². The van der Waals surface area contributed by atoms with Crippen molar-refractivity contribution in [2.45, 2.75) is 118 Å².